The molecule has 0 saturated carbocycles. The minimum Gasteiger partial charge on any atom is -0.486 e. The summed E-state index contributed by atoms with van der Waals surface area (Å²) in [4.78, 5) is 24.1. The number of fused-ring (bicyclic) bond motifs is 1. The average molecular weight is 402 g/mol. The van der Waals surface area contributed by atoms with Crippen LogP contribution in [0.2, 0.25) is 5.02 Å². The highest BCUT2D eigenvalue weighted by Gasteiger charge is 2.13. The maximum Gasteiger partial charge on any atom is 0.244 e. The molecule has 1 aliphatic rings. The molecule has 0 fully saturated rings. The monoisotopic (exact) mass is 401 g/mol. The Kier molecular flexibility index (Phi) is 6.49. The molecule has 0 atom stereocenters. The van der Waals surface area contributed by atoms with Gasteiger partial charge in [-0.2, -0.15) is 5.10 Å². The zero-order valence-corrected chi connectivity index (χ0v) is 16.1. The topological polar surface area (TPSA) is 89.0 Å². The largest absolute Gasteiger partial charge is 0.486 e. The van der Waals surface area contributed by atoms with E-state index in [4.69, 9.17) is 21.1 Å². The van der Waals surface area contributed by atoms with E-state index in [1.54, 1.807) is 49.4 Å². The minimum atomic E-state index is -0.270. The Hall–Kier alpha value is -3.06. The zero-order valence-electron chi connectivity index (χ0n) is 15.3. The number of benzene rings is 2. The molecule has 2 aromatic rings. The van der Waals surface area contributed by atoms with E-state index in [1.807, 2.05) is 0 Å². The Labute approximate surface area is 167 Å². The maximum atomic E-state index is 12.2. The highest BCUT2D eigenvalue weighted by Crippen LogP contribution is 2.32. The van der Waals surface area contributed by atoms with E-state index in [1.165, 1.54) is 0 Å². The molecule has 28 heavy (non-hydrogen) atoms. The molecule has 0 aromatic heterocycles. The molecule has 1 aliphatic heterocycles. The summed E-state index contributed by atoms with van der Waals surface area (Å²) in [5.74, 6) is 0.744. The summed E-state index contributed by atoms with van der Waals surface area (Å²) < 4.78 is 10.9. The molecule has 0 radical (unpaired) electrons. The van der Waals surface area contributed by atoms with E-state index in [9.17, 15) is 9.59 Å². The van der Waals surface area contributed by atoms with E-state index in [0.717, 1.165) is 5.56 Å². The molecule has 2 aromatic carbocycles. The van der Waals surface area contributed by atoms with Gasteiger partial charge in [-0.05, 0) is 36.8 Å². The first kappa shape index (κ1) is 19.7. The van der Waals surface area contributed by atoms with Crippen LogP contribution in [0.1, 0.15) is 18.9 Å². The van der Waals surface area contributed by atoms with Crippen molar-refractivity contribution >= 4 is 34.8 Å². The Bertz CT molecular complexity index is 897. The molecule has 0 spiro atoms. The predicted octanol–water partition coefficient (Wildman–Crippen LogP) is 3.17. The lowest BCUT2D eigenvalue weighted by Crippen LogP contribution is -2.23. The van der Waals surface area contributed by atoms with Gasteiger partial charge in [0.05, 0.1) is 12.8 Å². The molecule has 0 aliphatic carbocycles. The summed E-state index contributed by atoms with van der Waals surface area (Å²) in [6.45, 7) is 2.66. The van der Waals surface area contributed by atoms with Gasteiger partial charge >= 0.3 is 0 Å². The highest BCUT2D eigenvalue weighted by molar-refractivity contribution is 6.30. The summed E-state index contributed by atoms with van der Waals surface area (Å²) in [7, 11) is 0. The first-order valence-corrected chi connectivity index (χ1v) is 9.13. The van der Waals surface area contributed by atoms with Crippen LogP contribution in [-0.4, -0.2) is 30.7 Å². The molecular weight excluding hydrogens is 382 g/mol. The molecule has 1 heterocycles. The van der Waals surface area contributed by atoms with Gasteiger partial charge < -0.3 is 14.8 Å². The molecule has 7 nitrogen and oxygen atoms in total. The second kappa shape index (κ2) is 9.23. The number of ether oxygens (including phenoxy) is 2. The number of halogens is 1. The number of anilines is 1. The van der Waals surface area contributed by atoms with Gasteiger partial charge in [-0.1, -0.05) is 23.7 Å². The Morgan fingerprint density at radius 3 is 2.50 bits per heavy atom. The molecule has 0 bridgehead atoms. The third-order valence-corrected chi connectivity index (χ3v) is 4.14. The van der Waals surface area contributed by atoms with Gasteiger partial charge in [-0.25, -0.2) is 5.43 Å². The van der Waals surface area contributed by atoms with Crippen molar-refractivity contribution < 1.29 is 19.1 Å². The van der Waals surface area contributed by atoms with Crippen molar-refractivity contribution in [2.45, 2.75) is 19.8 Å². The van der Waals surface area contributed by atoms with Crippen LogP contribution < -0.4 is 20.2 Å². The van der Waals surface area contributed by atoms with Crippen LogP contribution in [-0.2, 0) is 16.0 Å². The summed E-state index contributed by atoms with van der Waals surface area (Å²) >= 11 is 5.82. The van der Waals surface area contributed by atoms with Crippen LogP contribution in [0.15, 0.2) is 47.6 Å². The number of rotatable bonds is 6. The summed E-state index contributed by atoms with van der Waals surface area (Å²) in [5, 5.41) is 7.36. The lowest BCUT2D eigenvalue weighted by molar-refractivity contribution is -0.120. The van der Waals surface area contributed by atoms with Gasteiger partial charge in [0, 0.05) is 22.5 Å². The van der Waals surface area contributed by atoms with Crippen LogP contribution in [0.3, 0.4) is 0 Å². The molecule has 0 unspecified atom stereocenters. The van der Waals surface area contributed by atoms with Gasteiger partial charge in [0.25, 0.3) is 0 Å². The molecule has 0 saturated heterocycles. The smallest absolute Gasteiger partial charge is 0.244 e. The van der Waals surface area contributed by atoms with Gasteiger partial charge in [-0.3, -0.25) is 9.59 Å². The van der Waals surface area contributed by atoms with E-state index in [0.29, 0.717) is 41.1 Å². The van der Waals surface area contributed by atoms with Crippen molar-refractivity contribution in [2.24, 2.45) is 5.10 Å². The Balaban J connectivity index is 1.48. The van der Waals surface area contributed by atoms with Gasteiger partial charge in [0.15, 0.2) is 11.5 Å². The number of nitrogens with zero attached hydrogens (tertiary/aromatic N) is 1. The van der Waals surface area contributed by atoms with Crippen LogP contribution in [0.25, 0.3) is 0 Å². The van der Waals surface area contributed by atoms with E-state index >= 15 is 0 Å². The molecule has 8 heteroatoms. The minimum absolute atomic E-state index is 0.0513. The molecule has 146 valence electrons. The van der Waals surface area contributed by atoms with E-state index < -0.39 is 0 Å². The number of carbonyl (C=O) groups excluding carboxylic acids is 2. The number of hydrogen-bond acceptors (Lipinski definition) is 5. The normalized spacial score (nSPS) is 13.0. The first-order valence-electron chi connectivity index (χ1n) is 8.75. The first-order chi connectivity index (χ1) is 13.5. The number of hydrazone groups is 1. The summed E-state index contributed by atoms with van der Waals surface area (Å²) in [5.41, 5.74) is 4.37. The number of amides is 2. The second-order valence-corrected chi connectivity index (χ2v) is 6.71. The highest BCUT2D eigenvalue weighted by atomic mass is 35.5. The average Bonchev–Trinajstić information content (AvgIpc) is 2.68. The molecule has 2 amide bonds. The van der Waals surface area contributed by atoms with Crippen LogP contribution in [0.4, 0.5) is 5.69 Å². The van der Waals surface area contributed by atoms with Crippen LogP contribution in [0, 0.1) is 0 Å². The van der Waals surface area contributed by atoms with Gasteiger partial charge in [0.1, 0.15) is 13.2 Å². The summed E-state index contributed by atoms with van der Waals surface area (Å²) in [6.07, 6.45) is 0.229. The lowest BCUT2D eigenvalue weighted by atomic mass is 10.1. The van der Waals surface area contributed by atoms with E-state index in [2.05, 4.69) is 15.8 Å². The Morgan fingerprint density at radius 2 is 1.75 bits per heavy atom. The van der Waals surface area contributed by atoms with Crippen LogP contribution in [0.5, 0.6) is 11.5 Å². The predicted molar refractivity (Wildman–Crippen MR) is 107 cm³/mol. The fourth-order valence-electron chi connectivity index (χ4n) is 2.58. The molecule has 3 rings (SSSR count). The van der Waals surface area contributed by atoms with Crippen molar-refractivity contribution in [2.75, 3.05) is 18.5 Å². The summed E-state index contributed by atoms with van der Waals surface area (Å²) in [6, 6.07) is 12.2. The standard InChI is InChI=1S/C20H20ClN3O4/c1-13(23-24-20(26)11-14-2-4-15(21)5-3-14)10-19(25)22-16-6-7-17-18(12-16)28-9-8-27-17/h2-7,12H,8-11H2,1H3,(H,22,25)(H,24,26)/b23-13-. The zero-order chi connectivity index (χ0) is 19.9. The molecule has 2 N–H and O–H groups in total. The number of carbonyl (C=O) groups is 2. The van der Waals surface area contributed by atoms with Crippen molar-refractivity contribution in [1.82, 2.24) is 5.43 Å². The SMILES string of the molecule is C/C(CC(=O)Nc1ccc2c(c1)OCCO2)=N/NC(=O)Cc1ccc(Cl)cc1. The van der Waals surface area contributed by atoms with Crippen LogP contribution >= 0.6 is 11.6 Å². The van der Waals surface area contributed by atoms with Crippen molar-refractivity contribution in [3.8, 4) is 11.5 Å². The van der Waals surface area contributed by atoms with Crippen molar-refractivity contribution in [3.05, 3.63) is 53.1 Å². The maximum absolute atomic E-state index is 12.2. The quantitative estimate of drug-likeness (QED) is 0.574. The number of nitrogens with one attached hydrogen (secondary N) is 2. The fourth-order valence-corrected chi connectivity index (χ4v) is 2.71. The van der Waals surface area contributed by atoms with Crippen molar-refractivity contribution in [3.63, 3.8) is 0 Å². The number of hydrogen-bond donors (Lipinski definition) is 2. The second-order valence-electron chi connectivity index (χ2n) is 6.27. The molecular formula is C20H20ClN3O4. The Morgan fingerprint density at radius 1 is 1.04 bits per heavy atom. The van der Waals surface area contributed by atoms with Gasteiger partial charge in [0.2, 0.25) is 11.8 Å². The fraction of sp³-hybridized carbons (Fsp3) is 0.250. The third kappa shape index (κ3) is 5.72. The van der Waals surface area contributed by atoms with Crippen molar-refractivity contribution in [1.29, 1.82) is 0 Å². The third-order valence-electron chi connectivity index (χ3n) is 3.89. The van der Waals surface area contributed by atoms with E-state index in [-0.39, 0.29) is 24.7 Å². The lowest BCUT2D eigenvalue weighted by Gasteiger charge is -2.19. The van der Waals surface area contributed by atoms with Gasteiger partial charge in [-0.15, -0.1) is 0 Å².